The first-order valence-electron chi connectivity index (χ1n) is 3.93. The van der Waals surface area contributed by atoms with E-state index in [9.17, 15) is 9.90 Å². The molecule has 13 heavy (non-hydrogen) atoms. The lowest BCUT2D eigenvalue weighted by molar-refractivity contribution is -0.117. The molecule has 1 aliphatic heterocycles. The van der Waals surface area contributed by atoms with Crippen LogP contribution in [-0.2, 0) is 9.53 Å². The molecule has 0 aromatic heterocycles. The second-order valence-corrected chi connectivity index (χ2v) is 2.96. The molecule has 0 spiro atoms. The molecule has 0 aromatic carbocycles. The van der Waals surface area contributed by atoms with E-state index in [4.69, 9.17) is 4.74 Å². The van der Waals surface area contributed by atoms with Crippen molar-refractivity contribution in [3.63, 3.8) is 0 Å². The highest BCUT2D eigenvalue weighted by Gasteiger charge is 2.65. The SMILES string of the molecule is C=CC#C[C@]12O[C@H]1[C@H](O)C=CC2=O. The molecule has 0 radical (unpaired) electrons. The van der Waals surface area contributed by atoms with E-state index in [1.807, 2.05) is 0 Å². The number of hydrogen-bond acceptors (Lipinski definition) is 3. The number of rotatable bonds is 0. The van der Waals surface area contributed by atoms with Gasteiger partial charge in [0.15, 0.2) is 0 Å². The van der Waals surface area contributed by atoms with Crippen LogP contribution in [0.2, 0.25) is 0 Å². The normalized spacial score (nSPS) is 40.2. The highest BCUT2D eigenvalue weighted by Crippen LogP contribution is 2.42. The zero-order valence-corrected chi connectivity index (χ0v) is 6.86. The summed E-state index contributed by atoms with van der Waals surface area (Å²) in [6.45, 7) is 3.42. The highest BCUT2D eigenvalue weighted by molar-refractivity contribution is 6.04. The molecule has 0 bridgehead atoms. The minimum absolute atomic E-state index is 0.197. The molecule has 3 atom stereocenters. The van der Waals surface area contributed by atoms with Crippen LogP contribution in [0.4, 0.5) is 0 Å². The lowest BCUT2D eigenvalue weighted by atomic mass is 9.92. The number of allylic oxidation sites excluding steroid dienone is 1. The molecule has 1 aliphatic carbocycles. The summed E-state index contributed by atoms with van der Waals surface area (Å²) in [5, 5.41) is 9.34. The molecule has 3 nitrogen and oxygen atoms in total. The summed E-state index contributed by atoms with van der Waals surface area (Å²) < 4.78 is 5.11. The third kappa shape index (κ3) is 1.04. The number of aliphatic hydroxyl groups is 1. The fourth-order valence-corrected chi connectivity index (χ4v) is 1.41. The van der Waals surface area contributed by atoms with Crippen LogP contribution in [0.3, 0.4) is 0 Å². The van der Waals surface area contributed by atoms with Crippen molar-refractivity contribution in [2.45, 2.75) is 17.8 Å². The number of carbonyl (C=O) groups excluding carboxylic acids is 1. The molecule has 2 aliphatic rings. The Morgan fingerprint density at radius 2 is 2.54 bits per heavy atom. The maximum absolute atomic E-state index is 11.3. The molecule has 3 heteroatoms. The van der Waals surface area contributed by atoms with Crippen LogP contribution in [0.5, 0.6) is 0 Å². The second kappa shape index (κ2) is 2.56. The van der Waals surface area contributed by atoms with Crippen LogP contribution in [0, 0.1) is 11.8 Å². The number of hydrogen-bond donors (Lipinski definition) is 1. The molecular formula is C10H8O3. The van der Waals surface area contributed by atoms with E-state index in [0.717, 1.165) is 0 Å². The van der Waals surface area contributed by atoms with E-state index in [-0.39, 0.29) is 5.78 Å². The first-order valence-corrected chi connectivity index (χ1v) is 3.93. The summed E-state index contributed by atoms with van der Waals surface area (Å²) in [5.74, 6) is 5.03. The van der Waals surface area contributed by atoms with E-state index in [1.165, 1.54) is 18.2 Å². The van der Waals surface area contributed by atoms with Crippen molar-refractivity contribution in [3.8, 4) is 11.8 Å². The Kier molecular flexibility index (Phi) is 1.62. The van der Waals surface area contributed by atoms with Gasteiger partial charge in [-0.15, -0.1) is 0 Å². The largest absolute Gasteiger partial charge is 0.386 e. The van der Waals surface area contributed by atoms with Crippen molar-refractivity contribution in [2.24, 2.45) is 0 Å². The Morgan fingerprint density at radius 3 is 3.23 bits per heavy atom. The molecular weight excluding hydrogens is 168 g/mol. The molecule has 0 amide bonds. The molecule has 2 rings (SSSR count). The van der Waals surface area contributed by atoms with Gasteiger partial charge in [-0.25, -0.2) is 0 Å². The van der Waals surface area contributed by atoms with Crippen molar-refractivity contribution in [1.29, 1.82) is 0 Å². The van der Waals surface area contributed by atoms with E-state index < -0.39 is 17.8 Å². The van der Waals surface area contributed by atoms with E-state index >= 15 is 0 Å². The minimum atomic E-state index is -1.08. The maximum Gasteiger partial charge on any atom is 0.221 e. The van der Waals surface area contributed by atoms with Gasteiger partial charge in [0, 0.05) is 0 Å². The minimum Gasteiger partial charge on any atom is -0.386 e. The average molecular weight is 176 g/mol. The van der Waals surface area contributed by atoms with Crippen molar-refractivity contribution >= 4 is 5.78 Å². The predicted octanol–water partition coefficient (Wildman–Crippen LogP) is -0.187. The molecule has 1 saturated heterocycles. The Labute approximate surface area is 75.7 Å². The lowest BCUT2D eigenvalue weighted by Crippen LogP contribution is -2.33. The quantitative estimate of drug-likeness (QED) is 0.411. The molecule has 0 unspecified atom stereocenters. The molecule has 0 saturated carbocycles. The van der Waals surface area contributed by atoms with Gasteiger partial charge >= 0.3 is 0 Å². The maximum atomic E-state index is 11.3. The van der Waals surface area contributed by atoms with Gasteiger partial charge in [0.25, 0.3) is 0 Å². The van der Waals surface area contributed by atoms with Gasteiger partial charge in [-0.05, 0) is 18.2 Å². The van der Waals surface area contributed by atoms with Gasteiger partial charge in [0.1, 0.15) is 12.2 Å². The van der Waals surface area contributed by atoms with Crippen molar-refractivity contribution in [1.82, 2.24) is 0 Å². The first kappa shape index (κ1) is 8.24. The Hall–Kier alpha value is -1.37. The summed E-state index contributed by atoms with van der Waals surface area (Å²) in [6.07, 6.45) is 2.92. The first-order chi connectivity index (χ1) is 6.20. The number of aliphatic hydroxyl groups excluding tert-OH is 1. The molecule has 1 fully saturated rings. The lowest BCUT2D eigenvalue weighted by Gasteiger charge is -2.08. The predicted molar refractivity (Wildman–Crippen MR) is 45.7 cm³/mol. The van der Waals surface area contributed by atoms with Crippen molar-refractivity contribution in [2.75, 3.05) is 0 Å². The molecule has 1 heterocycles. The number of epoxide rings is 1. The summed E-state index contributed by atoms with van der Waals surface area (Å²) >= 11 is 0. The van der Waals surface area contributed by atoms with Crippen LogP contribution < -0.4 is 0 Å². The molecule has 66 valence electrons. The zero-order valence-electron chi connectivity index (χ0n) is 6.86. The fourth-order valence-electron chi connectivity index (χ4n) is 1.41. The summed E-state index contributed by atoms with van der Waals surface area (Å²) in [6, 6.07) is 0. The van der Waals surface area contributed by atoms with Crippen LogP contribution in [-0.4, -0.2) is 28.7 Å². The van der Waals surface area contributed by atoms with E-state index in [2.05, 4.69) is 18.4 Å². The standard InChI is InChI=1S/C10H8O3/c1-2-3-6-10-8(12)5-4-7(11)9(10)13-10/h2,4-5,7,9,11H,1H2/t7-,9+,10-/m1/s1. The van der Waals surface area contributed by atoms with E-state index in [1.54, 1.807) is 0 Å². The van der Waals surface area contributed by atoms with Gasteiger partial charge in [-0.1, -0.05) is 18.4 Å². The van der Waals surface area contributed by atoms with E-state index in [0.29, 0.717) is 0 Å². The number of fused-ring (bicyclic) bond motifs is 1. The molecule has 1 N–H and O–H groups in total. The monoisotopic (exact) mass is 176 g/mol. The third-order valence-electron chi connectivity index (χ3n) is 2.14. The summed E-state index contributed by atoms with van der Waals surface area (Å²) in [5.41, 5.74) is -1.08. The smallest absolute Gasteiger partial charge is 0.221 e. The summed E-state index contributed by atoms with van der Waals surface area (Å²) in [7, 11) is 0. The highest BCUT2D eigenvalue weighted by atomic mass is 16.6. The zero-order chi connectivity index (χ0) is 9.47. The number of ketones is 1. The Bertz CT molecular complexity index is 358. The topological polar surface area (TPSA) is 49.8 Å². The Morgan fingerprint density at radius 1 is 1.77 bits per heavy atom. The van der Waals surface area contributed by atoms with Gasteiger partial charge in [-0.3, -0.25) is 4.79 Å². The Balaban J connectivity index is 2.32. The van der Waals surface area contributed by atoms with Gasteiger partial charge in [-0.2, -0.15) is 0 Å². The third-order valence-corrected chi connectivity index (χ3v) is 2.14. The average Bonchev–Trinajstić information content (AvgIpc) is 2.86. The van der Waals surface area contributed by atoms with Crippen molar-refractivity contribution < 1.29 is 14.6 Å². The van der Waals surface area contributed by atoms with Crippen LogP contribution >= 0.6 is 0 Å². The van der Waals surface area contributed by atoms with Crippen molar-refractivity contribution in [3.05, 3.63) is 24.8 Å². The van der Waals surface area contributed by atoms with Gasteiger partial charge in [0.2, 0.25) is 11.4 Å². The number of carbonyl (C=O) groups is 1. The van der Waals surface area contributed by atoms with Crippen LogP contribution in [0.1, 0.15) is 0 Å². The van der Waals surface area contributed by atoms with Crippen LogP contribution in [0.15, 0.2) is 24.8 Å². The van der Waals surface area contributed by atoms with Crippen LogP contribution in [0.25, 0.3) is 0 Å². The second-order valence-electron chi connectivity index (χ2n) is 2.96. The fraction of sp³-hybridized carbons (Fsp3) is 0.300. The summed E-state index contributed by atoms with van der Waals surface area (Å²) in [4.78, 5) is 11.3. The van der Waals surface area contributed by atoms with Gasteiger partial charge in [0.05, 0.1) is 0 Å². The number of ether oxygens (including phenoxy) is 1. The van der Waals surface area contributed by atoms with Gasteiger partial charge < -0.3 is 9.84 Å². The molecule has 0 aromatic rings.